The minimum atomic E-state index is -0.275. The van der Waals surface area contributed by atoms with Crippen LogP contribution in [0.5, 0.6) is 0 Å². The number of carbonyl (C=O) groups is 1. The molecule has 1 N–H and O–H groups in total. The standard InChI is InChI=1S/C27H38FN5OS/c1-18(32-14-6-5-7-15-32)24-30-31-25(33(24)21-10-8-20(28)9-11-21)35-17-23(34)29-22-16-19-12-13-27(22,4)26(19,2)3/h8-11,18-19,22H,5-7,12-17H2,1-4H3,(H,29,34)/t18-,19+,22-,27+/m0/s1. The number of nitrogens with zero attached hydrogens (tertiary/aromatic N) is 4. The van der Waals surface area contributed by atoms with Crippen LogP contribution in [0.4, 0.5) is 4.39 Å². The predicted molar refractivity (Wildman–Crippen MR) is 137 cm³/mol. The van der Waals surface area contributed by atoms with Gasteiger partial charge in [-0.3, -0.25) is 14.3 Å². The van der Waals surface area contributed by atoms with Gasteiger partial charge in [-0.2, -0.15) is 0 Å². The average Bonchev–Trinajstić information content (AvgIpc) is 3.43. The number of thioether (sulfide) groups is 1. The molecule has 3 fully saturated rings. The van der Waals surface area contributed by atoms with Crippen LogP contribution < -0.4 is 5.32 Å². The third-order valence-electron chi connectivity index (χ3n) is 9.52. The number of nitrogens with one attached hydrogen (secondary N) is 1. The van der Waals surface area contributed by atoms with Gasteiger partial charge in [0.25, 0.3) is 0 Å². The second-order valence-corrected chi connectivity index (χ2v) is 12.4. The molecule has 2 aromatic rings. The second kappa shape index (κ2) is 9.51. The Morgan fingerprint density at radius 3 is 2.51 bits per heavy atom. The van der Waals surface area contributed by atoms with Crippen molar-refractivity contribution in [2.24, 2.45) is 16.7 Å². The number of carbonyl (C=O) groups excluding carboxylic acids is 1. The first-order valence-corrected chi connectivity index (χ1v) is 14.1. The zero-order chi connectivity index (χ0) is 24.8. The van der Waals surface area contributed by atoms with Gasteiger partial charge in [-0.05, 0) is 93.1 Å². The lowest BCUT2D eigenvalue weighted by molar-refractivity contribution is -0.120. The number of halogens is 1. The van der Waals surface area contributed by atoms with Crippen molar-refractivity contribution in [2.45, 2.75) is 83.5 Å². The van der Waals surface area contributed by atoms with Crippen molar-refractivity contribution >= 4 is 17.7 Å². The van der Waals surface area contributed by atoms with Crippen LogP contribution in [0.1, 0.15) is 78.1 Å². The van der Waals surface area contributed by atoms with Crippen LogP contribution in [0.2, 0.25) is 0 Å². The number of aromatic nitrogens is 3. The van der Waals surface area contributed by atoms with Crippen LogP contribution in [0.15, 0.2) is 29.4 Å². The number of hydrogen-bond donors (Lipinski definition) is 1. The summed E-state index contributed by atoms with van der Waals surface area (Å²) in [6, 6.07) is 6.76. The predicted octanol–water partition coefficient (Wildman–Crippen LogP) is 5.38. The largest absolute Gasteiger partial charge is 0.352 e. The molecule has 3 aliphatic rings. The van der Waals surface area contributed by atoms with Crippen LogP contribution in [-0.2, 0) is 4.79 Å². The molecule has 2 heterocycles. The first-order chi connectivity index (χ1) is 16.7. The first-order valence-electron chi connectivity index (χ1n) is 13.1. The van der Waals surface area contributed by atoms with Gasteiger partial charge >= 0.3 is 0 Å². The van der Waals surface area contributed by atoms with Crippen LogP contribution in [0.25, 0.3) is 5.69 Å². The minimum Gasteiger partial charge on any atom is -0.352 e. The van der Waals surface area contributed by atoms with Crippen LogP contribution in [-0.4, -0.2) is 50.5 Å². The highest BCUT2D eigenvalue weighted by atomic mass is 32.2. The van der Waals surface area contributed by atoms with E-state index >= 15 is 0 Å². The summed E-state index contributed by atoms with van der Waals surface area (Å²) in [6.07, 6.45) is 7.16. The van der Waals surface area contributed by atoms with Crippen molar-refractivity contribution in [1.29, 1.82) is 0 Å². The number of piperidine rings is 1. The second-order valence-electron chi connectivity index (χ2n) is 11.4. The van der Waals surface area contributed by atoms with Crippen molar-refractivity contribution in [2.75, 3.05) is 18.8 Å². The molecule has 190 valence electrons. The highest BCUT2D eigenvalue weighted by Gasteiger charge is 2.61. The maximum atomic E-state index is 13.7. The molecular formula is C27H38FN5OS. The number of fused-ring (bicyclic) bond motifs is 2. The molecule has 2 saturated carbocycles. The van der Waals surface area contributed by atoms with E-state index in [1.54, 1.807) is 12.1 Å². The molecule has 1 aromatic heterocycles. The number of likely N-dealkylation sites (tertiary alicyclic amines) is 1. The molecule has 1 aromatic carbocycles. The maximum Gasteiger partial charge on any atom is 0.230 e. The highest BCUT2D eigenvalue weighted by Crippen LogP contribution is 2.65. The zero-order valence-electron chi connectivity index (χ0n) is 21.4. The van der Waals surface area contributed by atoms with Crippen molar-refractivity contribution in [3.8, 4) is 5.69 Å². The van der Waals surface area contributed by atoms with Crippen LogP contribution >= 0.6 is 11.8 Å². The van der Waals surface area contributed by atoms with Crippen molar-refractivity contribution in [1.82, 2.24) is 25.0 Å². The van der Waals surface area contributed by atoms with Gasteiger partial charge in [0.15, 0.2) is 11.0 Å². The zero-order valence-corrected chi connectivity index (χ0v) is 22.2. The molecule has 35 heavy (non-hydrogen) atoms. The van der Waals surface area contributed by atoms with E-state index < -0.39 is 0 Å². The van der Waals surface area contributed by atoms with Crippen LogP contribution in [0, 0.1) is 22.6 Å². The Labute approximate surface area is 212 Å². The smallest absolute Gasteiger partial charge is 0.230 e. The van der Waals surface area contributed by atoms with E-state index in [9.17, 15) is 9.18 Å². The lowest BCUT2D eigenvalue weighted by Gasteiger charge is -2.39. The Morgan fingerprint density at radius 2 is 1.89 bits per heavy atom. The fraction of sp³-hybridized carbons (Fsp3) is 0.667. The van der Waals surface area contributed by atoms with E-state index in [2.05, 4.69) is 48.1 Å². The molecule has 1 aliphatic heterocycles. The molecule has 2 bridgehead atoms. The first kappa shape index (κ1) is 24.8. The Hall–Kier alpha value is -1.93. The molecule has 0 unspecified atom stereocenters. The summed E-state index contributed by atoms with van der Waals surface area (Å²) in [7, 11) is 0. The van der Waals surface area contributed by atoms with Crippen LogP contribution in [0.3, 0.4) is 0 Å². The normalized spacial score (nSPS) is 28.8. The van der Waals surface area contributed by atoms with Crippen molar-refractivity contribution < 1.29 is 9.18 Å². The average molecular weight is 500 g/mol. The summed E-state index contributed by atoms with van der Waals surface area (Å²) in [4.78, 5) is 15.5. The molecular weight excluding hydrogens is 461 g/mol. The van der Waals surface area contributed by atoms with Crippen molar-refractivity contribution in [3.63, 3.8) is 0 Å². The third-order valence-corrected chi connectivity index (χ3v) is 10.4. The number of hydrogen-bond acceptors (Lipinski definition) is 5. The summed E-state index contributed by atoms with van der Waals surface area (Å²) >= 11 is 1.41. The summed E-state index contributed by atoms with van der Waals surface area (Å²) in [5, 5.41) is 13.1. The number of benzene rings is 1. The monoisotopic (exact) mass is 499 g/mol. The van der Waals surface area contributed by atoms with Gasteiger partial charge < -0.3 is 5.32 Å². The Kier molecular flexibility index (Phi) is 6.72. The summed E-state index contributed by atoms with van der Waals surface area (Å²) in [5.74, 6) is 1.58. The third kappa shape index (κ3) is 4.41. The lowest BCUT2D eigenvalue weighted by atomic mass is 9.69. The lowest BCUT2D eigenvalue weighted by Crippen LogP contribution is -2.47. The van der Waals surface area contributed by atoms with E-state index in [1.165, 1.54) is 56.0 Å². The molecule has 2 aliphatic carbocycles. The summed E-state index contributed by atoms with van der Waals surface area (Å²) < 4.78 is 15.7. The van der Waals surface area contributed by atoms with Gasteiger partial charge in [-0.15, -0.1) is 10.2 Å². The van der Waals surface area contributed by atoms with E-state index in [-0.39, 0.29) is 40.4 Å². The number of rotatable bonds is 7. The van der Waals surface area contributed by atoms with Gasteiger partial charge in [-0.25, -0.2) is 4.39 Å². The maximum absolute atomic E-state index is 13.7. The van der Waals surface area contributed by atoms with Gasteiger partial charge in [0.2, 0.25) is 5.91 Å². The molecule has 6 nitrogen and oxygen atoms in total. The molecule has 1 saturated heterocycles. The summed E-state index contributed by atoms with van der Waals surface area (Å²) in [5.41, 5.74) is 1.24. The van der Waals surface area contributed by atoms with E-state index in [1.807, 2.05) is 4.57 Å². The molecule has 1 amide bonds. The highest BCUT2D eigenvalue weighted by molar-refractivity contribution is 7.99. The van der Waals surface area contributed by atoms with Gasteiger partial charge in [0, 0.05) is 11.7 Å². The molecule has 0 spiro atoms. The van der Waals surface area contributed by atoms with E-state index in [0.717, 1.165) is 31.0 Å². The Bertz CT molecular complexity index is 1060. The minimum absolute atomic E-state index is 0.0452. The van der Waals surface area contributed by atoms with Gasteiger partial charge in [0.1, 0.15) is 5.82 Å². The fourth-order valence-electron chi connectivity index (χ4n) is 6.74. The number of amides is 1. The molecule has 8 heteroatoms. The Balaban J connectivity index is 1.32. The topological polar surface area (TPSA) is 63.1 Å². The van der Waals surface area contributed by atoms with Gasteiger partial charge in [-0.1, -0.05) is 39.0 Å². The van der Waals surface area contributed by atoms with E-state index in [0.29, 0.717) is 11.1 Å². The van der Waals surface area contributed by atoms with E-state index in [4.69, 9.17) is 0 Å². The molecule has 4 atom stereocenters. The molecule has 5 rings (SSSR count). The van der Waals surface area contributed by atoms with Crippen molar-refractivity contribution in [3.05, 3.63) is 35.9 Å². The molecule has 0 radical (unpaired) electrons. The van der Waals surface area contributed by atoms with Gasteiger partial charge in [0.05, 0.1) is 11.8 Å². The summed E-state index contributed by atoms with van der Waals surface area (Å²) in [6.45, 7) is 11.3. The quantitative estimate of drug-likeness (QED) is 0.519. The Morgan fingerprint density at radius 1 is 1.17 bits per heavy atom. The fourth-order valence-corrected chi connectivity index (χ4v) is 7.51. The SMILES string of the molecule is C[C@@H](c1nnc(SCC(=O)N[C@H]2C[C@H]3CC[C@@]2(C)C3(C)C)n1-c1ccc(F)cc1)N1CCCCC1.